The molecule has 110 valence electrons. The number of fused-ring (bicyclic) bond motifs is 1. The first-order chi connectivity index (χ1) is 10.8. The first kappa shape index (κ1) is 14.2. The van der Waals surface area contributed by atoms with Crippen molar-refractivity contribution in [1.82, 2.24) is 15.2 Å². The molecule has 0 radical (unpaired) electrons. The minimum absolute atomic E-state index is 0.297. The largest absolute Gasteiger partial charge is 0.490 e. The van der Waals surface area contributed by atoms with Crippen LogP contribution in [0.2, 0.25) is 5.02 Å². The van der Waals surface area contributed by atoms with Gasteiger partial charge in [-0.3, -0.25) is 0 Å². The van der Waals surface area contributed by atoms with Crippen LogP contribution in [0.5, 0.6) is 5.75 Å². The summed E-state index contributed by atoms with van der Waals surface area (Å²) < 4.78 is 5.52. The monoisotopic (exact) mass is 314 g/mol. The highest BCUT2D eigenvalue weighted by atomic mass is 35.5. The Bertz CT molecular complexity index is 824. The Balaban J connectivity index is 1.56. The molecule has 0 unspecified atom stereocenters. The molecule has 1 aromatic heterocycles. The number of nitriles is 1. The normalized spacial score (nSPS) is 10.4. The molecule has 1 heterocycles. The molecule has 6 nitrogen and oxygen atoms in total. The van der Waals surface area contributed by atoms with Gasteiger partial charge >= 0.3 is 0 Å². The van der Waals surface area contributed by atoms with Gasteiger partial charge in [-0.25, -0.2) is 0 Å². The first-order valence-corrected chi connectivity index (χ1v) is 6.91. The minimum atomic E-state index is 0.297. The summed E-state index contributed by atoms with van der Waals surface area (Å²) >= 11 is 5.94. The van der Waals surface area contributed by atoms with Gasteiger partial charge in [0.2, 0.25) is 0 Å². The fourth-order valence-corrected chi connectivity index (χ4v) is 2.04. The topological polar surface area (TPSA) is 73.0 Å². The van der Waals surface area contributed by atoms with Crippen molar-refractivity contribution in [2.45, 2.75) is 0 Å². The fourth-order valence-electron chi connectivity index (χ4n) is 1.88. The van der Waals surface area contributed by atoms with E-state index in [-0.39, 0.29) is 0 Å². The first-order valence-electron chi connectivity index (χ1n) is 6.53. The minimum Gasteiger partial charge on any atom is -0.490 e. The van der Waals surface area contributed by atoms with Gasteiger partial charge in [-0.1, -0.05) is 16.4 Å². The van der Waals surface area contributed by atoms with Gasteiger partial charge < -0.3 is 9.57 Å². The highest BCUT2D eigenvalue weighted by Gasteiger charge is 2.05. The lowest BCUT2D eigenvalue weighted by atomic mass is 10.2. The summed E-state index contributed by atoms with van der Waals surface area (Å²) in [4.78, 5) is 6.81. The van der Waals surface area contributed by atoms with Crippen molar-refractivity contribution in [3.8, 4) is 11.8 Å². The lowest BCUT2D eigenvalue weighted by Crippen LogP contribution is -2.19. The van der Waals surface area contributed by atoms with Gasteiger partial charge in [-0.2, -0.15) is 5.26 Å². The summed E-state index contributed by atoms with van der Waals surface area (Å²) in [6.45, 7) is 0.638. The van der Waals surface area contributed by atoms with Gasteiger partial charge in [0.1, 0.15) is 23.4 Å². The van der Waals surface area contributed by atoms with Crippen molar-refractivity contribution in [3.63, 3.8) is 0 Å². The number of benzene rings is 2. The molecule has 0 atom stereocenters. The molecular weight excluding hydrogens is 304 g/mol. The molecule has 0 N–H and O–H groups in total. The maximum absolute atomic E-state index is 8.72. The Kier molecular flexibility index (Phi) is 4.08. The van der Waals surface area contributed by atoms with Crippen LogP contribution in [-0.4, -0.2) is 28.4 Å². The predicted molar refractivity (Wildman–Crippen MR) is 80.6 cm³/mol. The molecule has 0 saturated heterocycles. The van der Waals surface area contributed by atoms with E-state index in [4.69, 9.17) is 26.4 Å². The second-order valence-corrected chi connectivity index (χ2v) is 4.85. The molecule has 2 aromatic carbocycles. The van der Waals surface area contributed by atoms with E-state index in [0.29, 0.717) is 40.6 Å². The fraction of sp³-hybridized carbons (Fsp3) is 0.133. The van der Waals surface area contributed by atoms with Crippen LogP contribution in [0.4, 0.5) is 0 Å². The molecule has 0 aliphatic carbocycles. The van der Waals surface area contributed by atoms with Crippen molar-refractivity contribution < 1.29 is 9.57 Å². The van der Waals surface area contributed by atoms with Gasteiger partial charge in [0, 0.05) is 5.02 Å². The summed E-state index contributed by atoms with van der Waals surface area (Å²) in [6, 6.07) is 14.2. The molecule has 0 spiro atoms. The summed E-state index contributed by atoms with van der Waals surface area (Å²) in [7, 11) is 0. The third-order valence-corrected chi connectivity index (χ3v) is 3.16. The second-order valence-electron chi connectivity index (χ2n) is 4.41. The molecule has 0 aliphatic heterocycles. The Morgan fingerprint density at radius 2 is 1.95 bits per heavy atom. The maximum Gasteiger partial charge on any atom is 0.151 e. The average Bonchev–Trinajstić information content (AvgIpc) is 2.94. The number of aromatic nitrogens is 3. The van der Waals surface area contributed by atoms with Crippen molar-refractivity contribution in [2.75, 3.05) is 13.2 Å². The van der Waals surface area contributed by atoms with E-state index in [1.807, 2.05) is 0 Å². The van der Waals surface area contributed by atoms with Crippen LogP contribution < -0.4 is 9.57 Å². The van der Waals surface area contributed by atoms with E-state index in [1.54, 1.807) is 42.5 Å². The average molecular weight is 315 g/mol. The summed E-state index contributed by atoms with van der Waals surface area (Å²) in [5.74, 6) is 0.675. The van der Waals surface area contributed by atoms with Crippen LogP contribution >= 0.6 is 11.6 Å². The van der Waals surface area contributed by atoms with Crippen LogP contribution in [0.1, 0.15) is 5.56 Å². The van der Waals surface area contributed by atoms with Crippen LogP contribution in [0.3, 0.4) is 0 Å². The number of hydrogen-bond acceptors (Lipinski definition) is 5. The second kappa shape index (κ2) is 6.33. The Hall–Kier alpha value is -2.78. The van der Waals surface area contributed by atoms with Crippen molar-refractivity contribution in [3.05, 3.63) is 53.1 Å². The van der Waals surface area contributed by atoms with Gasteiger partial charge in [-0.05, 0) is 47.7 Å². The van der Waals surface area contributed by atoms with Crippen LogP contribution in [-0.2, 0) is 0 Å². The SMILES string of the molecule is N#Cc1ccc(OCCOn2nnc3ccc(Cl)cc32)cc1. The van der Waals surface area contributed by atoms with Crippen molar-refractivity contribution in [2.24, 2.45) is 0 Å². The maximum atomic E-state index is 8.72. The standard InChI is InChI=1S/C15H11ClN4O2/c16-12-3-6-14-15(9-12)20(19-18-14)22-8-7-21-13-4-1-11(10-17)2-5-13/h1-6,9H,7-8H2. The molecule has 7 heteroatoms. The molecule has 0 saturated carbocycles. The van der Waals surface area contributed by atoms with Crippen LogP contribution in [0, 0.1) is 11.3 Å². The van der Waals surface area contributed by atoms with Gasteiger partial charge in [0.15, 0.2) is 6.61 Å². The third kappa shape index (κ3) is 3.10. The zero-order valence-corrected chi connectivity index (χ0v) is 12.2. The van der Waals surface area contributed by atoms with Crippen LogP contribution in [0.15, 0.2) is 42.5 Å². The van der Waals surface area contributed by atoms with E-state index in [1.165, 1.54) is 4.85 Å². The highest BCUT2D eigenvalue weighted by Crippen LogP contribution is 2.16. The summed E-state index contributed by atoms with van der Waals surface area (Å²) in [5.41, 5.74) is 2.00. The number of halogens is 1. The van der Waals surface area contributed by atoms with E-state index < -0.39 is 0 Å². The number of ether oxygens (including phenoxy) is 1. The zero-order chi connectivity index (χ0) is 15.4. The molecule has 0 bridgehead atoms. The molecule has 3 rings (SSSR count). The molecule has 0 amide bonds. The predicted octanol–water partition coefficient (Wildman–Crippen LogP) is 2.46. The molecule has 0 fully saturated rings. The van der Waals surface area contributed by atoms with E-state index >= 15 is 0 Å². The van der Waals surface area contributed by atoms with Gasteiger partial charge in [0.25, 0.3) is 0 Å². The zero-order valence-electron chi connectivity index (χ0n) is 11.4. The molecule has 22 heavy (non-hydrogen) atoms. The third-order valence-electron chi connectivity index (χ3n) is 2.93. The van der Waals surface area contributed by atoms with E-state index in [9.17, 15) is 0 Å². The van der Waals surface area contributed by atoms with Crippen molar-refractivity contribution in [1.29, 1.82) is 5.26 Å². The van der Waals surface area contributed by atoms with Gasteiger partial charge in [0.05, 0.1) is 11.6 Å². The van der Waals surface area contributed by atoms with Crippen molar-refractivity contribution >= 4 is 22.6 Å². The molecule has 3 aromatic rings. The Labute approximate surface area is 131 Å². The van der Waals surface area contributed by atoms with E-state index in [2.05, 4.69) is 16.4 Å². The number of rotatable bonds is 5. The summed E-state index contributed by atoms with van der Waals surface area (Å²) in [6.07, 6.45) is 0. The van der Waals surface area contributed by atoms with Gasteiger partial charge in [-0.15, -0.1) is 5.10 Å². The highest BCUT2D eigenvalue weighted by molar-refractivity contribution is 6.31. The number of nitrogens with zero attached hydrogens (tertiary/aromatic N) is 4. The van der Waals surface area contributed by atoms with Crippen LogP contribution in [0.25, 0.3) is 11.0 Å². The molecule has 0 aliphatic rings. The lowest BCUT2D eigenvalue weighted by molar-refractivity contribution is 0.0640. The quantitative estimate of drug-likeness (QED) is 0.676. The van der Waals surface area contributed by atoms with E-state index in [0.717, 1.165) is 0 Å². The molecular formula is C15H11ClN4O2. The summed E-state index contributed by atoms with van der Waals surface area (Å²) in [5, 5.41) is 17.2. The number of hydrogen-bond donors (Lipinski definition) is 0. The Morgan fingerprint density at radius 1 is 1.14 bits per heavy atom. The Morgan fingerprint density at radius 3 is 2.73 bits per heavy atom. The smallest absolute Gasteiger partial charge is 0.151 e. The lowest BCUT2D eigenvalue weighted by Gasteiger charge is -2.07.